The van der Waals surface area contributed by atoms with E-state index in [0.29, 0.717) is 11.5 Å². The molecule has 104 valence electrons. The maximum Gasteiger partial charge on any atom is 0.255 e. The topological polar surface area (TPSA) is 49.3 Å². The van der Waals surface area contributed by atoms with Gasteiger partial charge in [0.25, 0.3) is 5.91 Å². The predicted molar refractivity (Wildman–Crippen MR) is 81.3 cm³/mol. The number of carbonyl (C=O) groups excluding carboxylic acids is 1. The smallest absolute Gasteiger partial charge is 0.255 e. The molecule has 2 aromatic rings. The summed E-state index contributed by atoms with van der Waals surface area (Å²) in [4.78, 5) is 12.2. The minimum absolute atomic E-state index is 0.164. The summed E-state index contributed by atoms with van der Waals surface area (Å²) in [5.41, 5.74) is 3.29. The first-order valence-corrected chi connectivity index (χ1v) is 6.68. The van der Waals surface area contributed by atoms with Gasteiger partial charge in [0.15, 0.2) is 0 Å². The highest BCUT2D eigenvalue weighted by Crippen LogP contribution is 2.20. The Morgan fingerprint density at radius 1 is 1.15 bits per heavy atom. The summed E-state index contributed by atoms with van der Waals surface area (Å²) < 4.78 is 0. The van der Waals surface area contributed by atoms with E-state index in [1.54, 1.807) is 19.1 Å². The molecule has 0 spiro atoms. The monoisotopic (exact) mass is 269 g/mol. The first-order chi connectivity index (χ1) is 9.47. The molecule has 2 rings (SSSR count). The SMILES string of the molecule is Cc1cc(O)ccc1C(=O)Nc1cccc(C(C)C)c1. The number of amides is 1. The van der Waals surface area contributed by atoms with Crippen molar-refractivity contribution in [1.82, 2.24) is 0 Å². The largest absolute Gasteiger partial charge is 0.508 e. The van der Waals surface area contributed by atoms with E-state index in [1.807, 2.05) is 24.3 Å². The van der Waals surface area contributed by atoms with Gasteiger partial charge < -0.3 is 10.4 Å². The summed E-state index contributed by atoms with van der Waals surface area (Å²) in [6.45, 7) is 6.04. The van der Waals surface area contributed by atoms with Crippen molar-refractivity contribution in [3.63, 3.8) is 0 Å². The van der Waals surface area contributed by atoms with Crippen molar-refractivity contribution in [3.05, 3.63) is 59.2 Å². The zero-order chi connectivity index (χ0) is 14.7. The fourth-order valence-electron chi connectivity index (χ4n) is 2.08. The molecule has 0 saturated carbocycles. The van der Waals surface area contributed by atoms with Crippen LogP contribution in [0.3, 0.4) is 0 Å². The summed E-state index contributed by atoms with van der Waals surface area (Å²) in [6.07, 6.45) is 0. The Balaban J connectivity index is 2.21. The molecule has 0 radical (unpaired) electrons. The van der Waals surface area contributed by atoms with Gasteiger partial charge in [-0.05, 0) is 54.3 Å². The van der Waals surface area contributed by atoms with Crippen LogP contribution in [-0.4, -0.2) is 11.0 Å². The van der Waals surface area contributed by atoms with Crippen LogP contribution in [0.25, 0.3) is 0 Å². The number of aryl methyl sites for hydroxylation is 1. The van der Waals surface area contributed by atoms with E-state index in [9.17, 15) is 9.90 Å². The van der Waals surface area contributed by atoms with Crippen molar-refractivity contribution in [2.24, 2.45) is 0 Å². The number of carbonyl (C=O) groups is 1. The molecule has 20 heavy (non-hydrogen) atoms. The minimum atomic E-state index is -0.164. The Morgan fingerprint density at radius 2 is 1.90 bits per heavy atom. The zero-order valence-corrected chi connectivity index (χ0v) is 12.0. The summed E-state index contributed by atoms with van der Waals surface area (Å²) in [5, 5.41) is 12.3. The van der Waals surface area contributed by atoms with Crippen molar-refractivity contribution < 1.29 is 9.90 Å². The van der Waals surface area contributed by atoms with Crippen LogP contribution in [0.1, 0.15) is 41.3 Å². The third-order valence-electron chi connectivity index (χ3n) is 3.27. The van der Waals surface area contributed by atoms with Gasteiger partial charge in [-0.2, -0.15) is 0 Å². The summed E-state index contributed by atoms with van der Waals surface area (Å²) >= 11 is 0. The van der Waals surface area contributed by atoms with Crippen LogP contribution in [0.15, 0.2) is 42.5 Å². The van der Waals surface area contributed by atoms with Gasteiger partial charge in [-0.25, -0.2) is 0 Å². The number of aromatic hydroxyl groups is 1. The van der Waals surface area contributed by atoms with Gasteiger partial charge in [0.2, 0.25) is 0 Å². The quantitative estimate of drug-likeness (QED) is 0.882. The molecule has 0 bridgehead atoms. The van der Waals surface area contributed by atoms with Gasteiger partial charge in [0, 0.05) is 11.3 Å². The van der Waals surface area contributed by atoms with E-state index in [1.165, 1.54) is 11.6 Å². The van der Waals surface area contributed by atoms with Crippen LogP contribution in [0, 0.1) is 6.92 Å². The number of hydrogen-bond donors (Lipinski definition) is 2. The molecule has 1 amide bonds. The Morgan fingerprint density at radius 3 is 2.55 bits per heavy atom. The van der Waals surface area contributed by atoms with Crippen molar-refractivity contribution in [2.45, 2.75) is 26.7 Å². The van der Waals surface area contributed by atoms with Gasteiger partial charge >= 0.3 is 0 Å². The maximum absolute atomic E-state index is 12.2. The summed E-state index contributed by atoms with van der Waals surface area (Å²) in [5.74, 6) is 0.423. The van der Waals surface area contributed by atoms with E-state index in [-0.39, 0.29) is 11.7 Å². The van der Waals surface area contributed by atoms with Crippen molar-refractivity contribution in [2.75, 3.05) is 5.32 Å². The molecule has 0 aromatic heterocycles. The molecule has 0 aliphatic rings. The van der Waals surface area contributed by atoms with Gasteiger partial charge in [0.05, 0.1) is 0 Å². The number of benzene rings is 2. The van der Waals surface area contributed by atoms with E-state index in [2.05, 4.69) is 19.2 Å². The molecule has 0 saturated heterocycles. The van der Waals surface area contributed by atoms with Crippen LogP contribution in [0.5, 0.6) is 5.75 Å². The molecule has 3 heteroatoms. The van der Waals surface area contributed by atoms with Crippen molar-refractivity contribution in [1.29, 1.82) is 0 Å². The van der Waals surface area contributed by atoms with Crippen LogP contribution in [-0.2, 0) is 0 Å². The highest BCUT2D eigenvalue weighted by atomic mass is 16.3. The van der Waals surface area contributed by atoms with Gasteiger partial charge in [-0.1, -0.05) is 26.0 Å². The molecule has 0 aliphatic heterocycles. The normalized spacial score (nSPS) is 10.6. The van der Waals surface area contributed by atoms with Crippen LogP contribution in [0.4, 0.5) is 5.69 Å². The fraction of sp³-hybridized carbons (Fsp3) is 0.235. The molecular formula is C17H19NO2. The average Bonchev–Trinajstić information content (AvgIpc) is 2.38. The highest BCUT2D eigenvalue weighted by molar-refractivity contribution is 6.05. The molecule has 0 unspecified atom stereocenters. The van der Waals surface area contributed by atoms with Gasteiger partial charge in [0.1, 0.15) is 5.75 Å². The maximum atomic E-state index is 12.2. The number of anilines is 1. The number of nitrogens with one attached hydrogen (secondary N) is 1. The second kappa shape index (κ2) is 5.78. The zero-order valence-electron chi connectivity index (χ0n) is 12.0. The lowest BCUT2D eigenvalue weighted by molar-refractivity contribution is 0.102. The Labute approximate surface area is 119 Å². The molecule has 0 fully saturated rings. The van der Waals surface area contributed by atoms with Gasteiger partial charge in [-0.3, -0.25) is 4.79 Å². The molecule has 2 aromatic carbocycles. The number of phenols is 1. The molecule has 2 N–H and O–H groups in total. The van der Waals surface area contributed by atoms with E-state index >= 15 is 0 Å². The van der Waals surface area contributed by atoms with Crippen LogP contribution in [0.2, 0.25) is 0 Å². The number of hydrogen-bond acceptors (Lipinski definition) is 2. The lowest BCUT2D eigenvalue weighted by Gasteiger charge is -2.11. The third-order valence-corrected chi connectivity index (χ3v) is 3.27. The molecule has 3 nitrogen and oxygen atoms in total. The first-order valence-electron chi connectivity index (χ1n) is 6.68. The summed E-state index contributed by atoms with van der Waals surface area (Å²) in [7, 11) is 0. The van der Waals surface area contributed by atoms with E-state index in [4.69, 9.17) is 0 Å². The lowest BCUT2D eigenvalue weighted by atomic mass is 10.0. The predicted octanol–water partition coefficient (Wildman–Crippen LogP) is 4.08. The molecule has 0 atom stereocenters. The Hall–Kier alpha value is -2.29. The Bertz CT molecular complexity index is 633. The molecular weight excluding hydrogens is 250 g/mol. The van der Waals surface area contributed by atoms with Crippen molar-refractivity contribution in [3.8, 4) is 5.75 Å². The average molecular weight is 269 g/mol. The van der Waals surface area contributed by atoms with Gasteiger partial charge in [-0.15, -0.1) is 0 Å². The van der Waals surface area contributed by atoms with Crippen molar-refractivity contribution >= 4 is 11.6 Å². The van der Waals surface area contributed by atoms with Crippen LogP contribution >= 0.6 is 0 Å². The van der Waals surface area contributed by atoms with Crippen LogP contribution < -0.4 is 5.32 Å². The second-order valence-corrected chi connectivity index (χ2v) is 5.23. The van der Waals surface area contributed by atoms with E-state index in [0.717, 1.165) is 11.3 Å². The molecule has 0 aliphatic carbocycles. The number of rotatable bonds is 3. The number of phenolic OH excluding ortho intramolecular Hbond substituents is 1. The highest BCUT2D eigenvalue weighted by Gasteiger charge is 2.10. The fourth-order valence-corrected chi connectivity index (χ4v) is 2.08. The standard InChI is InChI=1S/C17H19NO2/c1-11(2)13-5-4-6-14(10-13)18-17(20)16-8-7-15(19)9-12(16)3/h4-11,19H,1-3H3,(H,18,20). The first kappa shape index (κ1) is 14.1. The summed E-state index contributed by atoms with van der Waals surface area (Å²) in [6, 6.07) is 12.6. The van der Waals surface area contributed by atoms with E-state index < -0.39 is 0 Å². The third kappa shape index (κ3) is 3.18. The lowest BCUT2D eigenvalue weighted by Crippen LogP contribution is -2.13. The Kier molecular flexibility index (Phi) is 4.08. The molecule has 0 heterocycles. The minimum Gasteiger partial charge on any atom is -0.508 e. The second-order valence-electron chi connectivity index (χ2n) is 5.23.